The van der Waals surface area contributed by atoms with E-state index in [1.807, 2.05) is 36.4 Å². The molecule has 0 aliphatic heterocycles. The average Bonchev–Trinajstić information content (AvgIpc) is 3.14. The van der Waals surface area contributed by atoms with Crippen LogP contribution in [0.25, 0.3) is 11.2 Å². The van der Waals surface area contributed by atoms with Crippen LogP contribution < -0.4 is 15.4 Å². The molecule has 2 heterocycles. The minimum absolute atomic E-state index is 0.0696. The van der Waals surface area contributed by atoms with Crippen molar-refractivity contribution < 1.29 is 14.3 Å². The molecular formula is C20H16N6O3. The maximum atomic E-state index is 13.1. The number of fused-ring (bicyclic) bond motifs is 1. The zero-order valence-corrected chi connectivity index (χ0v) is 15.4. The molecule has 0 bridgehead atoms. The van der Waals surface area contributed by atoms with Gasteiger partial charge in [0.15, 0.2) is 17.3 Å². The molecule has 9 heteroatoms. The molecule has 0 spiro atoms. The molecule has 2 aromatic heterocycles. The quantitative estimate of drug-likeness (QED) is 0.512. The second kappa shape index (κ2) is 7.39. The van der Waals surface area contributed by atoms with Crippen molar-refractivity contribution in [2.45, 2.75) is 6.92 Å². The number of imidazole rings is 1. The number of rotatable bonds is 4. The number of ketones is 1. The van der Waals surface area contributed by atoms with E-state index in [0.29, 0.717) is 11.4 Å². The predicted molar refractivity (Wildman–Crippen MR) is 107 cm³/mol. The van der Waals surface area contributed by atoms with Crippen molar-refractivity contribution in [3.8, 4) is 5.88 Å². The van der Waals surface area contributed by atoms with Gasteiger partial charge >= 0.3 is 6.09 Å². The Kier molecular flexibility index (Phi) is 4.62. The standard InChI is InChI=1S/C20H16N6O3/c1-12(27)16-22-15-17(23-16)24-19(21)25-18(15)29-20(28)26(13-8-4-2-5-9-13)14-10-6-3-7-11-14/h2-11H,1H3,(H3,21,22,23,24,25). The monoisotopic (exact) mass is 388 g/mol. The molecule has 0 radical (unpaired) electrons. The molecule has 0 atom stereocenters. The van der Waals surface area contributed by atoms with Gasteiger partial charge in [-0.15, -0.1) is 0 Å². The number of benzene rings is 2. The third kappa shape index (κ3) is 3.61. The summed E-state index contributed by atoms with van der Waals surface area (Å²) < 4.78 is 5.55. The van der Waals surface area contributed by atoms with Crippen molar-refractivity contribution in [1.82, 2.24) is 19.9 Å². The lowest BCUT2D eigenvalue weighted by Gasteiger charge is -2.22. The summed E-state index contributed by atoms with van der Waals surface area (Å²) in [5.74, 6) is -0.476. The molecule has 4 aromatic rings. The first-order valence-electron chi connectivity index (χ1n) is 8.69. The number of nitrogens with zero attached hydrogens (tertiary/aromatic N) is 4. The van der Waals surface area contributed by atoms with Crippen molar-refractivity contribution in [2.24, 2.45) is 0 Å². The van der Waals surface area contributed by atoms with Gasteiger partial charge in [-0.25, -0.2) is 14.7 Å². The van der Waals surface area contributed by atoms with Gasteiger partial charge in [-0.1, -0.05) is 36.4 Å². The minimum atomic E-state index is -0.708. The number of hydrogen-bond donors (Lipinski definition) is 2. The van der Waals surface area contributed by atoms with Crippen LogP contribution in [0.5, 0.6) is 5.88 Å². The first-order chi connectivity index (χ1) is 14.0. The van der Waals surface area contributed by atoms with Crippen LogP contribution in [-0.2, 0) is 0 Å². The van der Waals surface area contributed by atoms with E-state index in [1.165, 1.54) is 11.8 Å². The molecule has 4 rings (SSSR count). The SMILES string of the molecule is CC(=O)c1nc2nc(N)nc(OC(=O)N(c3ccccc3)c3ccccc3)c2[nH]1. The number of ether oxygens (including phenoxy) is 1. The normalized spacial score (nSPS) is 10.7. The number of aromatic amines is 1. The van der Waals surface area contributed by atoms with Crippen molar-refractivity contribution in [3.05, 3.63) is 66.5 Å². The third-order valence-electron chi connectivity index (χ3n) is 4.06. The zero-order valence-electron chi connectivity index (χ0n) is 15.4. The predicted octanol–water partition coefficient (Wildman–Crippen LogP) is 3.47. The molecule has 144 valence electrons. The van der Waals surface area contributed by atoms with E-state index in [4.69, 9.17) is 10.5 Å². The summed E-state index contributed by atoms with van der Waals surface area (Å²) >= 11 is 0. The number of H-pyrrole nitrogens is 1. The first-order valence-corrected chi connectivity index (χ1v) is 8.69. The number of carbonyl (C=O) groups is 2. The molecule has 3 N–H and O–H groups in total. The van der Waals surface area contributed by atoms with Gasteiger partial charge in [-0.05, 0) is 24.3 Å². The lowest BCUT2D eigenvalue weighted by atomic mass is 10.2. The maximum Gasteiger partial charge on any atom is 0.425 e. The van der Waals surface area contributed by atoms with Gasteiger partial charge in [-0.2, -0.15) is 9.97 Å². The fourth-order valence-corrected chi connectivity index (χ4v) is 2.77. The molecular weight excluding hydrogens is 372 g/mol. The highest BCUT2D eigenvalue weighted by Gasteiger charge is 2.23. The van der Waals surface area contributed by atoms with Gasteiger partial charge in [0.25, 0.3) is 5.88 Å². The molecule has 0 fully saturated rings. The number of nitrogen functional groups attached to an aromatic ring is 1. The molecule has 0 aliphatic carbocycles. The van der Waals surface area contributed by atoms with Crippen molar-refractivity contribution >= 4 is 40.4 Å². The number of anilines is 3. The molecule has 29 heavy (non-hydrogen) atoms. The Morgan fingerprint density at radius 2 is 1.52 bits per heavy atom. The second-order valence-electron chi connectivity index (χ2n) is 6.10. The van der Waals surface area contributed by atoms with Gasteiger partial charge in [0.1, 0.15) is 5.52 Å². The van der Waals surface area contributed by atoms with Crippen LogP contribution in [0.2, 0.25) is 0 Å². The number of nitrogens with one attached hydrogen (secondary N) is 1. The zero-order chi connectivity index (χ0) is 20.4. The Morgan fingerprint density at radius 1 is 0.931 bits per heavy atom. The van der Waals surface area contributed by atoms with Gasteiger partial charge in [0.05, 0.1) is 11.4 Å². The summed E-state index contributed by atoms with van der Waals surface area (Å²) in [4.78, 5) is 40.9. The number of Topliss-reactive ketones (excluding diaryl/α,β-unsaturated/α-hetero) is 1. The van der Waals surface area contributed by atoms with Gasteiger partial charge in [0, 0.05) is 6.92 Å². The molecule has 0 aliphatic rings. The highest BCUT2D eigenvalue weighted by atomic mass is 16.6. The number of nitrogens with two attached hydrogens (primary N) is 1. The van der Waals surface area contributed by atoms with Gasteiger partial charge in [-0.3, -0.25) is 4.79 Å². The van der Waals surface area contributed by atoms with E-state index in [2.05, 4.69) is 19.9 Å². The maximum absolute atomic E-state index is 13.1. The molecule has 0 saturated carbocycles. The number of amides is 1. The van der Waals surface area contributed by atoms with E-state index in [-0.39, 0.29) is 34.6 Å². The van der Waals surface area contributed by atoms with E-state index in [1.54, 1.807) is 24.3 Å². The van der Waals surface area contributed by atoms with Crippen LogP contribution in [0.3, 0.4) is 0 Å². The number of para-hydroxylation sites is 2. The van der Waals surface area contributed by atoms with Crippen LogP contribution in [0.4, 0.5) is 22.1 Å². The lowest BCUT2D eigenvalue weighted by Crippen LogP contribution is -2.29. The topological polar surface area (TPSA) is 127 Å². The fraction of sp³-hybridized carbons (Fsp3) is 0.0500. The lowest BCUT2D eigenvalue weighted by molar-refractivity contribution is 0.100. The van der Waals surface area contributed by atoms with E-state index < -0.39 is 6.09 Å². The van der Waals surface area contributed by atoms with Crippen molar-refractivity contribution in [3.63, 3.8) is 0 Å². The highest BCUT2D eigenvalue weighted by Crippen LogP contribution is 2.28. The van der Waals surface area contributed by atoms with Crippen LogP contribution in [0.15, 0.2) is 60.7 Å². The Balaban J connectivity index is 1.76. The molecule has 0 unspecified atom stereocenters. The minimum Gasteiger partial charge on any atom is -0.388 e. The Labute approximate surface area is 165 Å². The Bertz CT molecular complexity index is 1150. The molecule has 1 amide bonds. The smallest absolute Gasteiger partial charge is 0.388 e. The molecule has 0 saturated heterocycles. The van der Waals surface area contributed by atoms with Crippen LogP contribution in [0.1, 0.15) is 17.5 Å². The molecule has 9 nitrogen and oxygen atoms in total. The van der Waals surface area contributed by atoms with Crippen LogP contribution >= 0.6 is 0 Å². The number of hydrogen-bond acceptors (Lipinski definition) is 7. The Hall–Kier alpha value is -4.27. The first kappa shape index (κ1) is 18.1. The largest absolute Gasteiger partial charge is 0.425 e. The summed E-state index contributed by atoms with van der Waals surface area (Å²) in [5.41, 5.74) is 7.28. The Morgan fingerprint density at radius 3 is 2.07 bits per heavy atom. The summed E-state index contributed by atoms with van der Waals surface area (Å²) in [6.45, 7) is 1.35. The van der Waals surface area contributed by atoms with Crippen LogP contribution in [0, 0.1) is 0 Å². The van der Waals surface area contributed by atoms with Gasteiger partial charge < -0.3 is 15.5 Å². The summed E-state index contributed by atoms with van der Waals surface area (Å²) in [5, 5.41) is 0. The van der Waals surface area contributed by atoms with Crippen LogP contribution in [-0.4, -0.2) is 31.8 Å². The third-order valence-corrected chi connectivity index (χ3v) is 4.06. The van der Waals surface area contributed by atoms with Crippen molar-refractivity contribution in [2.75, 3.05) is 10.6 Å². The highest BCUT2D eigenvalue weighted by molar-refractivity contribution is 5.99. The summed E-state index contributed by atoms with van der Waals surface area (Å²) in [6.07, 6.45) is -0.708. The summed E-state index contributed by atoms with van der Waals surface area (Å²) in [6, 6.07) is 18.1. The number of carbonyl (C=O) groups excluding carboxylic acids is 2. The average molecular weight is 388 g/mol. The van der Waals surface area contributed by atoms with Gasteiger partial charge in [0.2, 0.25) is 5.95 Å². The summed E-state index contributed by atoms with van der Waals surface area (Å²) in [7, 11) is 0. The number of aromatic nitrogens is 4. The van der Waals surface area contributed by atoms with E-state index >= 15 is 0 Å². The van der Waals surface area contributed by atoms with E-state index in [9.17, 15) is 9.59 Å². The fourth-order valence-electron chi connectivity index (χ4n) is 2.77. The van der Waals surface area contributed by atoms with Crippen molar-refractivity contribution in [1.29, 1.82) is 0 Å². The molecule has 2 aromatic carbocycles. The van der Waals surface area contributed by atoms with E-state index in [0.717, 1.165) is 0 Å². The second-order valence-corrected chi connectivity index (χ2v) is 6.10.